The van der Waals surface area contributed by atoms with Gasteiger partial charge in [-0.05, 0) is 116 Å². The van der Waals surface area contributed by atoms with Crippen molar-refractivity contribution in [2.75, 3.05) is 26.7 Å². The normalized spacial score (nSPS) is 15.0. The fourth-order valence-corrected chi connectivity index (χ4v) is 6.61. The van der Waals surface area contributed by atoms with Crippen LogP contribution in [0.3, 0.4) is 0 Å². The summed E-state index contributed by atoms with van der Waals surface area (Å²) >= 11 is 0. The lowest BCUT2D eigenvalue weighted by molar-refractivity contribution is -0.137. The highest BCUT2D eigenvalue weighted by atomic mass is 19.1. The molecule has 1 aliphatic rings. The Kier molecular flexibility index (Phi) is 11.7. The number of likely N-dealkylation sites (tertiary alicyclic amines) is 1. The summed E-state index contributed by atoms with van der Waals surface area (Å²) in [6.45, 7) is 12.5. The van der Waals surface area contributed by atoms with Crippen molar-refractivity contribution in [2.24, 2.45) is 5.92 Å². The zero-order chi connectivity index (χ0) is 34.6. The van der Waals surface area contributed by atoms with Crippen molar-refractivity contribution in [2.45, 2.75) is 91.8 Å². The number of aromatic nitrogens is 2. The van der Waals surface area contributed by atoms with E-state index in [9.17, 15) is 23.9 Å². The second kappa shape index (κ2) is 15.3. The maximum absolute atomic E-state index is 15.8. The van der Waals surface area contributed by atoms with Crippen LogP contribution in [0.15, 0.2) is 35.1 Å². The minimum absolute atomic E-state index is 0.0539. The summed E-state index contributed by atoms with van der Waals surface area (Å²) in [5.41, 5.74) is 4.94. The quantitative estimate of drug-likeness (QED) is 0.196. The summed E-state index contributed by atoms with van der Waals surface area (Å²) in [6, 6.07) is 8.13. The molecule has 2 heterocycles. The topological polar surface area (TPSA) is 102 Å². The van der Waals surface area contributed by atoms with Gasteiger partial charge < -0.3 is 9.84 Å². The molecule has 0 saturated carbocycles. The van der Waals surface area contributed by atoms with Gasteiger partial charge in [-0.15, -0.1) is 0 Å². The Bertz CT molecular complexity index is 1660. The summed E-state index contributed by atoms with van der Waals surface area (Å²) in [6.07, 6.45) is -0.251. The minimum Gasteiger partial charge on any atom is -0.497 e. The number of methoxy groups -OCH3 is 1. The molecule has 1 aromatic heterocycles. The van der Waals surface area contributed by atoms with Gasteiger partial charge in [-0.2, -0.15) is 5.10 Å². The molecular formula is C37H47F2N3O5. The number of aryl methyl sites for hydroxylation is 4. The van der Waals surface area contributed by atoms with Gasteiger partial charge >= 0.3 is 5.97 Å². The number of nitrogens with zero attached hydrogens (tertiary/aromatic N) is 3. The monoisotopic (exact) mass is 651 g/mol. The first-order valence-corrected chi connectivity index (χ1v) is 16.3. The van der Waals surface area contributed by atoms with E-state index in [1.807, 2.05) is 44.7 Å². The first kappa shape index (κ1) is 35.9. The first-order chi connectivity index (χ1) is 22.2. The number of carboxylic acid groups (broad SMARTS) is 1. The van der Waals surface area contributed by atoms with E-state index >= 15 is 4.39 Å². The Labute approximate surface area is 275 Å². The largest absolute Gasteiger partial charge is 0.497 e. The Morgan fingerprint density at radius 3 is 2.26 bits per heavy atom. The number of carbonyl (C=O) groups is 2. The molecule has 2 atom stereocenters. The number of rotatable bonds is 15. The van der Waals surface area contributed by atoms with Gasteiger partial charge in [0.25, 0.3) is 5.56 Å². The highest BCUT2D eigenvalue weighted by Gasteiger charge is 2.29. The molecule has 0 radical (unpaired) electrons. The second-order valence-corrected chi connectivity index (χ2v) is 13.5. The van der Waals surface area contributed by atoms with Gasteiger partial charge in [0.05, 0.1) is 19.2 Å². The van der Waals surface area contributed by atoms with Crippen molar-refractivity contribution >= 4 is 11.8 Å². The van der Waals surface area contributed by atoms with Crippen LogP contribution in [0, 0.1) is 39.4 Å². The average molecular weight is 652 g/mol. The van der Waals surface area contributed by atoms with Crippen LogP contribution in [0.2, 0.25) is 0 Å². The third-order valence-electron chi connectivity index (χ3n) is 9.04. The summed E-state index contributed by atoms with van der Waals surface area (Å²) < 4.78 is 35.8. The van der Waals surface area contributed by atoms with Gasteiger partial charge in [0.1, 0.15) is 23.8 Å². The smallest absolute Gasteiger partial charge is 0.303 e. The van der Waals surface area contributed by atoms with Crippen molar-refractivity contribution in [3.63, 3.8) is 0 Å². The van der Waals surface area contributed by atoms with Gasteiger partial charge in [-0.1, -0.05) is 13.8 Å². The Balaban J connectivity index is 1.64. The maximum Gasteiger partial charge on any atom is 0.303 e. The number of carboxylic acids is 1. The van der Waals surface area contributed by atoms with Crippen molar-refractivity contribution in [3.05, 3.63) is 80.0 Å². The molecule has 1 aliphatic heterocycles. The van der Waals surface area contributed by atoms with Crippen molar-refractivity contribution < 1.29 is 28.2 Å². The highest BCUT2D eigenvalue weighted by molar-refractivity contribution is 5.82. The van der Waals surface area contributed by atoms with Gasteiger partial charge in [0, 0.05) is 38.0 Å². The molecule has 0 aliphatic carbocycles. The van der Waals surface area contributed by atoms with E-state index in [2.05, 4.69) is 5.10 Å². The number of halogens is 2. The maximum atomic E-state index is 15.8. The molecule has 0 spiro atoms. The summed E-state index contributed by atoms with van der Waals surface area (Å²) in [7, 11) is 1.60. The molecule has 8 nitrogen and oxygen atoms in total. The molecule has 10 heteroatoms. The van der Waals surface area contributed by atoms with Gasteiger partial charge in [0.2, 0.25) is 0 Å². The lowest BCUT2D eigenvalue weighted by atomic mass is 9.84. The zero-order valence-corrected chi connectivity index (χ0v) is 28.5. The summed E-state index contributed by atoms with van der Waals surface area (Å²) in [4.78, 5) is 41.2. The molecule has 1 fully saturated rings. The Morgan fingerprint density at radius 1 is 1.02 bits per heavy atom. The molecule has 1 saturated heterocycles. The molecule has 2 aromatic carbocycles. The van der Waals surface area contributed by atoms with Crippen LogP contribution in [-0.2, 0) is 16.0 Å². The second-order valence-electron chi connectivity index (χ2n) is 13.5. The minimum atomic E-state index is -1.09. The summed E-state index contributed by atoms with van der Waals surface area (Å²) in [5.74, 6) is -1.84. The fraction of sp³-hybridized carbons (Fsp3) is 0.514. The van der Waals surface area contributed by atoms with Crippen molar-refractivity contribution in [1.82, 2.24) is 14.7 Å². The van der Waals surface area contributed by atoms with Crippen LogP contribution in [-0.4, -0.2) is 64.5 Å². The molecule has 0 bridgehead atoms. The van der Waals surface area contributed by atoms with Crippen LogP contribution in [0.25, 0.3) is 11.1 Å². The number of benzene rings is 2. The third kappa shape index (κ3) is 8.71. The number of hydrogen-bond donors (Lipinski definition) is 1. The Hall–Kier alpha value is -3.92. The number of Topliss-reactive ketones (excluding diaryl/α,β-unsaturated/α-hetero) is 1. The fourth-order valence-electron chi connectivity index (χ4n) is 6.61. The van der Waals surface area contributed by atoms with E-state index in [-0.39, 0.29) is 42.1 Å². The van der Waals surface area contributed by atoms with Gasteiger partial charge in [-0.25, -0.2) is 13.5 Å². The van der Waals surface area contributed by atoms with Crippen LogP contribution in [0.1, 0.15) is 85.0 Å². The SMILES string of the molecule is COc1cc(C)c(-c2cc(C)c(F)c([C@@H](CCC(=O)[C@H](CC(C)C)n3nc(CCN4CC(F)C4)cc(C)c3=O)CC(=O)O)c2)c(C)c1. The van der Waals surface area contributed by atoms with Crippen molar-refractivity contribution in [3.8, 4) is 16.9 Å². The molecule has 0 unspecified atom stereocenters. The highest BCUT2D eigenvalue weighted by Crippen LogP contribution is 2.37. The average Bonchev–Trinajstić information content (AvgIpc) is 2.98. The van der Waals surface area contributed by atoms with E-state index in [1.54, 1.807) is 39.2 Å². The number of alkyl halides is 1. The van der Waals surface area contributed by atoms with E-state index in [1.165, 1.54) is 4.68 Å². The molecule has 47 heavy (non-hydrogen) atoms. The third-order valence-corrected chi connectivity index (χ3v) is 9.04. The molecule has 1 N–H and O–H groups in total. The molecule has 3 aromatic rings. The number of ketones is 1. The van der Waals surface area contributed by atoms with Crippen LogP contribution >= 0.6 is 0 Å². The zero-order valence-electron chi connectivity index (χ0n) is 28.5. The van der Waals surface area contributed by atoms with Crippen LogP contribution in [0.5, 0.6) is 5.75 Å². The van der Waals surface area contributed by atoms with Crippen LogP contribution in [0.4, 0.5) is 8.78 Å². The lowest BCUT2D eigenvalue weighted by Crippen LogP contribution is -2.49. The number of carbonyl (C=O) groups excluding carboxylic acids is 1. The van der Waals surface area contributed by atoms with E-state index in [0.29, 0.717) is 55.0 Å². The molecule has 0 amide bonds. The van der Waals surface area contributed by atoms with Crippen molar-refractivity contribution in [1.29, 1.82) is 0 Å². The number of hydrogen-bond acceptors (Lipinski definition) is 6. The van der Waals surface area contributed by atoms with E-state index in [4.69, 9.17) is 4.74 Å². The Morgan fingerprint density at radius 2 is 1.68 bits per heavy atom. The van der Waals surface area contributed by atoms with E-state index < -0.39 is 29.9 Å². The first-order valence-electron chi connectivity index (χ1n) is 16.3. The van der Waals surface area contributed by atoms with Crippen LogP contribution < -0.4 is 10.3 Å². The number of ether oxygens (including phenoxy) is 1. The van der Waals surface area contributed by atoms with Gasteiger partial charge in [-0.3, -0.25) is 19.3 Å². The molecule has 4 rings (SSSR count). The van der Waals surface area contributed by atoms with Gasteiger partial charge in [0.15, 0.2) is 5.78 Å². The number of aliphatic carboxylic acids is 1. The summed E-state index contributed by atoms with van der Waals surface area (Å²) in [5, 5.41) is 14.4. The van der Waals surface area contributed by atoms with E-state index in [0.717, 1.165) is 22.3 Å². The standard InChI is InChI=1S/C37H47F2N3O5/c1-21(2)12-32(42-37(46)25(6)14-29(40-42)10-11-41-19-28(38)20-41)33(43)9-8-26(18-34(44)45)31-17-27(13-24(5)36(31)39)35-22(3)15-30(47-7)16-23(35)4/h13-17,21,26,28,32H,8-12,18-20H2,1-7H3,(H,44,45)/t26-,32-/m0/s1. The predicted molar refractivity (Wildman–Crippen MR) is 179 cm³/mol. The molecule has 254 valence electrons. The lowest BCUT2D eigenvalue weighted by Gasteiger charge is -2.34. The predicted octanol–water partition coefficient (Wildman–Crippen LogP) is 6.68. The molecular weight excluding hydrogens is 604 g/mol.